The van der Waals surface area contributed by atoms with Crippen LogP contribution in [0.15, 0.2) is 42.5 Å². The average molecular weight is 270 g/mol. The maximum absolute atomic E-state index is 12.1. The van der Waals surface area contributed by atoms with Gasteiger partial charge >= 0.3 is 5.97 Å². The Labute approximate surface area is 120 Å². The van der Waals surface area contributed by atoms with Crippen molar-refractivity contribution in [2.24, 2.45) is 11.3 Å². The summed E-state index contributed by atoms with van der Waals surface area (Å²) in [4.78, 5) is 12.1. The number of hydrogen-bond acceptors (Lipinski definition) is 2. The van der Waals surface area contributed by atoms with Gasteiger partial charge in [0, 0.05) is 0 Å². The van der Waals surface area contributed by atoms with Crippen molar-refractivity contribution in [3.63, 3.8) is 0 Å². The molecule has 3 rings (SSSR count). The fraction of sp³-hybridized carbons (Fsp3) is 0.500. The molecule has 0 radical (unpaired) electrons. The van der Waals surface area contributed by atoms with Gasteiger partial charge in [0.05, 0.1) is 5.56 Å². The molecule has 2 heteroatoms. The number of carbonyl (C=O) groups is 1. The van der Waals surface area contributed by atoms with Crippen LogP contribution in [0.5, 0.6) is 0 Å². The maximum Gasteiger partial charge on any atom is 0.338 e. The summed E-state index contributed by atoms with van der Waals surface area (Å²) in [5.41, 5.74) is 0.984. The smallest absolute Gasteiger partial charge is 0.338 e. The molecule has 2 nitrogen and oxygen atoms in total. The quantitative estimate of drug-likeness (QED) is 0.589. The van der Waals surface area contributed by atoms with Crippen molar-refractivity contribution >= 4 is 5.97 Å². The first-order chi connectivity index (χ1) is 9.67. The van der Waals surface area contributed by atoms with E-state index in [4.69, 9.17) is 4.74 Å². The highest BCUT2D eigenvalue weighted by Crippen LogP contribution is 2.47. The van der Waals surface area contributed by atoms with Crippen LogP contribution in [-0.2, 0) is 4.74 Å². The van der Waals surface area contributed by atoms with Crippen LogP contribution in [0.2, 0.25) is 0 Å². The average Bonchev–Trinajstić information content (AvgIpc) is 2.48. The summed E-state index contributed by atoms with van der Waals surface area (Å²) in [6, 6.07) is 9.30. The van der Waals surface area contributed by atoms with Gasteiger partial charge in [-0.3, -0.25) is 0 Å². The summed E-state index contributed by atoms with van der Waals surface area (Å²) >= 11 is 0. The molecule has 1 unspecified atom stereocenters. The first-order valence-corrected chi connectivity index (χ1v) is 7.61. The Morgan fingerprint density at radius 2 is 2.05 bits per heavy atom. The maximum atomic E-state index is 12.1. The van der Waals surface area contributed by atoms with Gasteiger partial charge in [-0.2, -0.15) is 0 Å². The van der Waals surface area contributed by atoms with E-state index in [0.29, 0.717) is 16.9 Å². The molecule has 1 aromatic rings. The van der Waals surface area contributed by atoms with E-state index < -0.39 is 0 Å². The van der Waals surface area contributed by atoms with Crippen molar-refractivity contribution in [1.82, 2.24) is 0 Å². The molecule has 0 spiro atoms. The molecule has 0 bridgehead atoms. The van der Waals surface area contributed by atoms with Gasteiger partial charge in [0.15, 0.2) is 0 Å². The van der Waals surface area contributed by atoms with Crippen molar-refractivity contribution in [2.45, 2.75) is 45.1 Å². The lowest BCUT2D eigenvalue weighted by Crippen LogP contribution is -2.38. The van der Waals surface area contributed by atoms with Crippen LogP contribution in [0.1, 0.15) is 49.4 Å². The molecule has 0 aromatic heterocycles. The number of esters is 1. The highest BCUT2D eigenvalue weighted by molar-refractivity contribution is 5.89. The van der Waals surface area contributed by atoms with Gasteiger partial charge in [0.1, 0.15) is 6.10 Å². The number of hydrogen-bond donors (Lipinski definition) is 0. The molecule has 0 aliphatic heterocycles. The van der Waals surface area contributed by atoms with Crippen molar-refractivity contribution in [3.8, 4) is 0 Å². The molecule has 20 heavy (non-hydrogen) atoms. The third-order valence-corrected chi connectivity index (χ3v) is 4.95. The number of carbonyl (C=O) groups excluding carboxylic acids is 1. The van der Waals surface area contributed by atoms with Crippen LogP contribution >= 0.6 is 0 Å². The van der Waals surface area contributed by atoms with Crippen LogP contribution in [0, 0.1) is 11.3 Å². The van der Waals surface area contributed by atoms with Gasteiger partial charge in [-0.15, -0.1) is 0 Å². The lowest BCUT2D eigenvalue weighted by atomic mass is 9.63. The zero-order chi connectivity index (χ0) is 14.0. The summed E-state index contributed by atoms with van der Waals surface area (Å²) in [6.07, 6.45) is 10.3. The first-order valence-electron chi connectivity index (χ1n) is 7.61. The Morgan fingerprint density at radius 1 is 1.25 bits per heavy atom. The summed E-state index contributed by atoms with van der Waals surface area (Å²) < 4.78 is 5.71. The Morgan fingerprint density at radius 3 is 2.85 bits per heavy atom. The molecule has 1 fully saturated rings. The lowest BCUT2D eigenvalue weighted by molar-refractivity contribution is -0.00687. The summed E-state index contributed by atoms with van der Waals surface area (Å²) in [5, 5.41) is 0. The number of fused-ring (bicyclic) bond motifs is 1. The van der Waals surface area contributed by atoms with Crippen molar-refractivity contribution in [2.75, 3.05) is 0 Å². The molecule has 1 aromatic carbocycles. The van der Waals surface area contributed by atoms with Crippen LogP contribution in [0.4, 0.5) is 0 Å². The molecule has 0 N–H and O–H groups in total. The molecule has 2 aliphatic carbocycles. The standard InChI is InChI=1S/C18H22O2/c1-18-11-6-5-9-15(18)13-16(10-12-18)20-17(19)14-7-3-2-4-8-14/h2-4,6-8,11,15-16H,5,9-10,12-13H2,1H3/t15?,16-,18-/m0/s1. The normalized spacial score (nSPS) is 32.5. The Hall–Kier alpha value is -1.57. The van der Waals surface area contributed by atoms with Gasteiger partial charge in [0.2, 0.25) is 0 Å². The fourth-order valence-electron chi connectivity index (χ4n) is 3.60. The van der Waals surface area contributed by atoms with Gasteiger partial charge in [0.25, 0.3) is 0 Å². The predicted molar refractivity (Wildman–Crippen MR) is 79.5 cm³/mol. The summed E-state index contributed by atoms with van der Waals surface area (Å²) in [6.45, 7) is 2.35. The van der Waals surface area contributed by atoms with E-state index in [-0.39, 0.29) is 12.1 Å². The minimum Gasteiger partial charge on any atom is -0.459 e. The molecular weight excluding hydrogens is 248 g/mol. The van der Waals surface area contributed by atoms with E-state index >= 15 is 0 Å². The molecule has 106 valence electrons. The zero-order valence-electron chi connectivity index (χ0n) is 12.0. The molecule has 2 aliphatic rings. The molecule has 0 heterocycles. The topological polar surface area (TPSA) is 26.3 Å². The number of rotatable bonds is 2. The van der Waals surface area contributed by atoms with E-state index in [2.05, 4.69) is 19.1 Å². The molecule has 1 saturated carbocycles. The second-order valence-corrected chi connectivity index (χ2v) is 6.35. The van der Waals surface area contributed by atoms with Crippen LogP contribution < -0.4 is 0 Å². The van der Waals surface area contributed by atoms with Gasteiger partial charge < -0.3 is 4.74 Å². The summed E-state index contributed by atoms with van der Waals surface area (Å²) in [7, 11) is 0. The minimum atomic E-state index is -0.175. The van der Waals surface area contributed by atoms with E-state index in [1.807, 2.05) is 30.3 Å². The molecule has 0 amide bonds. The van der Waals surface area contributed by atoms with Crippen LogP contribution in [0.3, 0.4) is 0 Å². The Kier molecular flexibility index (Phi) is 3.64. The second kappa shape index (κ2) is 5.43. The van der Waals surface area contributed by atoms with Crippen molar-refractivity contribution < 1.29 is 9.53 Å². The zero-order valence-corrected chi connectivity index (χ0v) is 12.0. The predicted octanol–water partition coefficient (Wildman–Crippen LogP) is 4.37. The van der Waals surface area contributed by atoms with E-state index in [1.54, 1.807) is 0 Å². The third kappa shape index (κ3) is 2.65. The molecule has 0 saturated heterocycles. The fourth-order valence-corrected chi connectivity index (χ4v) is 3.60. The number of benzene rings is 1. The van der Waals surface area contributed by atoms with Crippen molar-refractivity contribution in [3.05, 3.63) is 48.0 Å². The van der Waals surface area contributed by atoms with Gasteiger partial charge in [-0.05, 0) is 55.6 Å². The SMILES string of the molecule is C[C@@]12C=CCCC1C[C@@H](OC(=O)c1ccccc1)CC2. The highest BCUT2D eigenvalue weighted by atomic mass is 16.5. The molecular formula is C18H22O2. The van der Waals surface area contributed by atoms with E-state index in [1.165, 1.54) is 12.8 Å². The molecule has 3 atom stereocenters. The lowest BCUT2D eigenvalue weighted by Gasteiger charge is -2.44. The number of ether oxygens (including phenoxy) is 1. The van der Waals surface area contributed by atoms with Gasteiger partial charge in [-0.1, -0.05) is 37.3 Å². The Balaban J connectivity index is 1.63. The third-order valence-electron chi connectivity index (χ3n) is 4.95. The first kappa shape index (κ1) is 13.4. The van der Waals surface area contributed by atoms with E-state index in [0.717, 1.165) is 19.3 Å². The second-order valence-electron chi connectivity index (χ2n) is 6.35. The largest absolute Gasteiger partial charge is 0.459 e. The van der Waals surface area contributed by atoms with Crippen molar-refractivity contribution in [1.29, 1.82) is 0 Å². The van der Waals surface area contributed by atoms with Crippen LogP contribution in [0.25, 0.3) is 0 Å². The highest BCUT2D eigenvalue weighted by Gasteiger charge is 2.40. The van der Waals surface area contributed by atoms with Crippen LogP contribution in [-0.4, -0.2) is 12.1 Å². The monoisotopic (exact) mass is 270 g/mol. The number of allylic oxidation sites excluding steroid dienone is 2. The Bertz CT molecular complexity index is 505. The van der Waals surface area contributed by atoms with E-state index in [9.17, 15) is 4.79 Å². The summed E-state index contributed by atoms with van der Waals surface area (Å²) in [5.74, 6) is 0.486. The van der Waals surface area contributed by atoms with Gasteiger partial charge in [-0.25, -0.2) is 4.79 Å². The minimum absolute atomic E-state index is 0.0901.